The predicted octanol–water partition coefficient (Wildman–Crippen LogP) is 2.97. The summed E-state index contributed by atoms with van der Waals surface area (Å²) in [5.41, 5.74) is 1.70. The zero-order valence-corrected chi connectivity index (χ0v) is 19.1. The highest BCUT2D eigenvalue weighted by Crippen LogP contribution is 2.34. The molecule has 0 aliphatic carbocycles. The number of halogens is 2. The van der Waals surface area contributed by atoms with Gasteiger partial charge in [-0.3, -0.25) is 4.90 Å². The van der Waals surface area contributed by atoms with Crippen LogP contribution < -0.4 is 10.2 Å². The topological polar surface area (TPSA) is 119 Å². The minimum absolute atomic E-state index is 0.174. The number of nitrogens with zero attached hydrogens (tertiary/aromatic N) is 7. The number of H-pyrrole nitrogens is 1. The average Bonchev–Trinajstić information content (AvgIpc) is 3.25. The number of hydrogen-bond donors (Lipinski definition) is 3. The van der Waals surface area contributed by atoms with Crippen molar-refractivity contribution in [1.29, 1.82) is 0 Å². The lowest BCUT2D eigenvalue weighted by molar-refractivity contribution is 0.188. The fourth-order valence-electron chi connectivity index (χ4n) is 3.82. The molecule has 1 saturated heterocycles. The molecule has 1 aliphatic heterocycles. The second kappa shape index (κ2) is 9.44. The van der Waals surface area contributed by atoms with Gasteiger partial charge in [0.25, 0.3) is 0 Å². The number of β-amino-alcohol motifs (C(OH)–C–C–N with tert-alkyl or cyclic N) is 1. The summed E-state index contributed by atoms with van der Waals surface area (Å²) in [4.78, 5) is 29.6. The smallest absolute Gasteiger partial charge is 0.183 e. The Kier molecular flexibility index (Phi) is 6.23. The Morgan fingerprint density at radius 2 is 1.76 bits per heavy atom. The first-order valence-corrected chi connectivity index (χ1v) is 11.2. The molecule has 3 N–H and O–H groups in total. The van der Waals surface area contributed by atoms with Crippen LogP contribution in [0.3, 0.4) is 0 Å². The molecule has 0 amide bonds. The quantitative estimate of drug-likeness (QED) is 0.378. The third kappa shape index (κ3) is 4.55. The van der Waals surface area contributed by atoms with Crippen LogP contribution >= 0.6 is 23.2 Å². The highest BCUT2D eigenvalue weighted by molar-refractivity contribution is 6.39. The second-order valence-electron chi connectivity index (χ2n) is 7.54. The summed E-state index contributed by atoms with van der Waals surface area (Å²) in [5.74, 6) is 2.46. The van der Waals surface area contributed by atoms with Crippen molar-refractivity contribution in [2.75, 3.05) is 49.5 Å². The van der Waals surface area contributed by atoms with Crippen LogP contribution in [0.25, 0.3) is 22.6 Å². The van der Waals surface area contributed by atoms with Crippen LogP contribution in [-0.2, 0) is 0 Å². The summed E-state index contributed by atoms with van der Waals surface area (Å²) in [6.07, 6.45) is 2.96. The van der Waals surface area contributed by atoms with Crippen LogP contribution in [0.2, 0.25) is 10.0 Å². The van der Waals surface area contributed by atoms with Gasteiger partial charge in [-0.1, -0.05) is 29.3 Å². The molecule has 10 nitrogen and oxygen atoms in total. The number of aromatic nitrogens is 6. The van der Waals surface area contributed by atoms with Crippen molar-refractivity contribution in [2.24, 2.45) is 0 Å². The van der Waals surface area contributed by atoms with E-state index in [1.807, 2.05) is 6.07 Å². The maximum atomic E-state index is 9.13. The SMILES string of the molecule is OCCN1CCN(c2cc(Nc3ncnc4nc(-c5c(Cl)cccc5Cl)[nH]c34)ncn2)CC1. The monoisotopic (exact) mass is 485 g/mol. The van der Waals surface area contributed by atoms with Gasteiger partial charge in [-0.25, -0.2) is 24.9 Å². The molecule has 0 unspecified atom stereocenters. The van der Waals surface area contributed by atoms with Crippen molar-refractivity contribution in [3.05, 3.63) is 47.0 Å². The number of imidazole rings is 1. The van der Waals surface area contributed by atoms with E-state index in [4.69, 9.17) is 28.3 Å². The summed E-state index contributed by atoms with van der Waals surface area (Å²) < 4.78 is 0. The van der Waals surface area contributed by atoms with Crippen molar-refractivity contribution in [1.82, 2.24) is 34.8 Å². The Bertz CT molecular complexity index is 1250. The zero-order chi connectivity index (χ0) is 22.8. The molecule has 0 saturated carbocycles. The number of nitrogens with one attached hydrogen (secondary N) is 2. The Hall–Kier alpha value is -3.05. The van der Waals surface area contributed by atoms with Gasteiger partial charge < -0.3 is 20.3 Å². The summed E-state index contributed by atoms with van der Waals surface area (Å²) >= 11 is 12.7. The molecule has 0 radical (unpaired) electrons. The first kappa shape index (κ1) is 21.8. The molecule has 0 spiro atoms. The number of piperazine rings is 1. The van der Waals surface area contributed by atoms with E-state index in [0.29, 0.717) is 50.8 Å². The Morgan fingerprint density at radius 3 is 2.52 bits per heavy atom. The van der Waals surface area contributed by atoms with E-state index in [9.17, 15) is 0 Å². The van der Waals surface area contributed by atoms with Crippen molar-refractivity contribution >= 4 is 51.8 Å². The van der Waals surface area contributed by atoms with Gasteiger partial charge in [0.15, 0.2) is 11.5 Å². The van der Waals surface area contributed by atoms with Gasteiger partial charge in [-0.15, -0.1) is 0 Å². The van der Waals surface area contributed by atoms with Crippen LogP contribution in [0, 0.1) is 0 Å². The Balaban J connectivity index is 1.40. The lowest BCUT2D eigenvalue weighted by Gasteiger charge is -2.35. The van der Waals surface area contributed by atoms with Crippen molar-refractivity contribution in [3.63, 3.8) is 0 Å². The zero-order valence-electron chi connectivity index (χ0n) is 17.5. The number of aliphatic hydroxyl groups excluding tert-OH is 1. The van der Waals surface area contributed by atoms with Gasteiger partial charge in [0, 0.05) is 38.8 Å². The minimum Gasteiger partial charge on any atom is -0.395 e. The number of aliphatic hydroxyl groups is 1. The molecule has 4 aromatic rings. The highest BCUT2D eigenvalue weighted by atomic mass is 35.5. The molecule has 1 aromatic carbocycles. The summed E-state index contributed by atoms with van der Waals surface area (Å²) in [6.45, 7) is 4.28. The van der Waals surface area contributed by atoms with Crippen molar-refractivity contribution < 1.29 is 5.11 Å². The number of hydrogen-bond acceptors (Lipinski definition) is 9. The van der Waals surface area contributed by atoms with Gasteiger partial charge in [0.05, 0.1) is 22.2 Å². The third-order valence-corrected chi connectivity index (χ3v) is 6.13. The average molecular weight is 486 g/mol. The number of rotatable bonds is 6. The van der Waals surface area contributed by atoms with E-state index < -0.39 is 0 Å². The van der Waals surface area contributed by atoms with Gasteiger partial charge in [-0.2, -0.15) is 0 Å². The lowest BCUT2D eigenvalue weighted by Crippen LogP contribution is -2.47. The predicted molar refractivity (Wildman–Crippen MR) is 128 cm³/mol. The van der Waals surface area contributed by atoms with Crippen LogP contribution in [0.4, 0.5) is 17.5 Å². The van der Waals surface area contributed by atoms with E-state index in [0.717, 1.165) is 32.0 Å². The van der Waals surface area contributed by atoms with Crippen molar-refractivity contribution in [3.8, 4) is 11.4 Å². The lowest BCUT2D eigenvalue weighted by atomic mass is 10.2. The van der Waals surface area contributed by atoms with E-state index in [1.54, 1.807) is 18.2 Å². The van der Waals surface area contributed by atoms with E-state index in [-0.39, 0.29) is 6.61 Å². The van der Waals surface area contributed by atoms with Gasteiger partial charge in [0.1, 0.15) is 35.6 Å². The standard InChI is InChI=1S/C21H21Cl2N9O/c22-13-2-1-3-14(23)17(13)19-29-18-20(26-12-27-21(18)30-19)28-15-10-16(25-11-24-15)32-6-4-31(5-7-32)8-9-33/h1-3,10-12,33H,4-9H2,(H2,24,25,26,27,28,29,30). The fourth-order valence-corrected chi connectivity index (χ4v) is 4.39. The second-order valence-corrected chi connectivity index (χ2v) is 8.36. The summed E-state index contributed by atoms with van der Waals surface area (Å²) in [5, 5.41) is 13.4. The number of benzene rings is 1. The van der Waals surface area contributed by atoms with Crippen LogP contribution in [-0.4, -0.2) is 79.2 Å². The Labute approximate surface area is 199 Å². The molecular formula is C21H21Cl2N9O. The van der Waals surface area contributed by atoms with Gasteiger partial charge in [-0.05, 0) is 12.1 Å². The number of aromatic amines is 1. The molecule has 1 aliphatic rings. The van der Waals surface area contributed by atoms with Crippen LogP contribution in [0.5, 0.6) is 0 Å². The van der Waals surface area contributed by atoms with Crippen LogP contribution in [0.15, 0.2) is 36.9 Å². The molecule has 4 heterocycles. The largest absolute Gasteiger partial charge is 0.395 e. The minimum atomic E-state index is 0.174. The molecule has 0 atom stereocenters. The molecule has 33 heavy (non-hydrogen) atoms. The van der Waals surface area contributed by atoms with Crippen molar-refractivity contribution in [2.45, 2.75) is 0 Å². The maximum Gasteiger partial charge on any atom is 0.183 e. The maximum absolute atomic E-state index is 9.13. The van der Waals surface area contributed by atoms with E-state index >= 15 is 0 Å². The molecule has 5 rings (SSSR count). The Morgan fingerprint density at radius 1 is 1.00 bits per heavy atom. The molecular weight excluding hydrogens is 465 g/mol. The third-order valence-electron chi connectivity index (χ3n) is 5.50. The molecule has 3 aromatic heterocycles. The summed E-state index contributed by atoms with van der Waals surface area (Å²) in [6, 6.07) is 7.18. The number of fused-ring (bicyclic) bond motifs is 1. The van der Waals surface area contributed by atoms with E-state index in [1.165, 1.54) is 12.7 Å². The first-order valence-electron chi connectivity index (χ1n) is 10.4. The molecule has 1 fully saturated rings. The van der Waals surface area contributed by atoms with E-state index in [2.05, 4.69) is 45.0 Å². The van der Waals surface area contributed by atoms with Gasteiger partial charge >= 0.3 is 0 Å². The molecule has 0 bridgehead atoms. The fraction of sp³-hybridized carbons (Fsp3) is 0.286. The molecule has 12 heteroatoms. The normalized spacial score (nSPS) is 14.7. The molecule has 170 valence electrons. The number of anilines is 3. The first-order chi connectivity index (χ1) is 16.1. The van der Waals surface area contributed by atoms with Crippen LogP contribution in [0.1, 0.15) is 0 Å². The summed E-state index contributed by atoms with van der Waals surface area (Å²) in [7, 11) is 0. The highest BCUT2D eigenvalue weighted by Gasteiger charge is 2.19. The van der Waals surface area contributed by atoms with Gasteiger partial charge in [0.2, 0.25) is 0 Å².